The maximum atomic E-state index is 12.1. The fourth-order valence-corrected chi connectivity index (χ4v) is 3.45. The van der Waals surface area contributed by atoms with Crippen molar-refractivity contribution in [3.63, 3.8) is 0 Å². The lowest BCUT2D eigenvalue weighted by atomic mass is 10.2. The Hall–Kier alpha value is -1.07. The van der Waals surface area contributed by atoms with Crippen molar-refractivity contribution < 1.29 is 8.42 Å². The SMILES string of the molecule is CCC1CC1NS(=O)(=O)c1ccc(C)cc1N. The highest BCUT2D eigenvalue weighted by atomic mass is 32.2. The maximum absolute atomic E-state index is 12.1. The van der Waals surface area contributed by atoms with E-state index in [4.69, 9.17) is 5.73 Å². The van der Waals surface area contributed by atoms with E-state index in [-0.39, 0.29) is 10.9 Å². The third-order valence-electron chi connectivity index (χ3n) is 3.21. The summed E-state index contributed by atoms with van der Waals surface area (Å²) >= 11 is 0. The van der Waals surface area contributed by atoms with Gasteiger partial charge in [0.15, 0.2) is 0 Å². The number of rotatable bonds is 4. The van der Waals surface area contributed by atoms with Crippen LogP contribution in [-0.2, 0) is 10.0 Å². The van der Waals surface area contributed by atoms with Crippen LogP contribution in [0.5, 0.6) is 0 Å². The summed E-state index contributed by atoms with van der Waals surface area (Å²) in [5, 5.41) is 0. The van der Waals surface area contributed by atoms with E-state index < -0.39 is 10.0 Å². The van der Waals surface area contributed by atoms with Gasteiger partial charge in [0.2, 0.25) is 10.0 Å². The summed E-state index contributed by atoms with van der Waals surface area (Å²) in [6.07, 6.45) is 1.94. The van der Waals surface area contributed by atoms with Crippen molar-refractivity contribution >= 4 is 15.7 Å². The van der Waals surface area contributed by atoms with Gasteiger partial charge in [-0.2, -0.15) is 0 Å². The molecule has 17 heavy (non-hydrogen) atoms. The number of aryl methyl sites for hydroxylation is 1. The van der Waals surface area contributed by atoms with E-state index in [1.807, 2.05) is 6.92 Å². The van der Waals surface area contributed by atoms with Gasteiger partial charge in [0.1, 0.15) is 4.90 Å². The minimum absolute atomic E-state index is 0.0886. The molecule has 1 aromatic carbocycles. The molecule has 2 rings (SSSR count). The van der Waals surface area contributed by atoms with Gasteiger partial charge in [-0.25, -0.2) is 13.1 Å². The first-order chi connectivity index (χ1) is 7.94. The fraction of sp³-hybridized carbons (Fsp3) is 0.500. The topological polar surface area (TPSA) is 72.2 Å². The summed E-state index contributed by atoms with van der Waals surface area (Å²) in [6.45, 7) is 3.95. The number of nitrogens with one attached hydrogen (secondary N) is 1. The molecule has 0 heterocycles. The molecule has 1 aromatic rings. The molecule has 0 bridgehead atoms. The van der Waals surface area contributed by atoms with Gasteiger partial charge in [-0.05, 0) is 37.0 Å². The highest BCUT2D eigenvalue weighted by Crippen LogP contribution is 2.34. The molecule has 2 atom stereocenters. The Morgan fingerprint density at radius 1 is 1.47 bits per heavy atom. The lowest BCUT2D eigenvalue weighted by Crippen LogP contribution is -2.27. The number of hydrogen-bond donors (Lipinski definition) is 2. The van der Waals surface area contributed by atoms with Crippen molar-refractivity contribution in [1.82, 2.24) is 4.72 Å². The standard InChI is InChI=1S/C12H18N2O2S/c1-3-9-7-11(9)14-17(15,16)12-5-4-8(2)6-10(12)13/h4-6,9,11,14H,3,7,13H2,1-2H3. The first-order valence-electron chi connectivity index (χ1n) is 5.82. The van der Waals surface area contributed by atoms with E-state index in [9.17, 15) is 8.42 Å². The van der Waals surface area contributed by atoms with E-state index in [2.05, 4.69) is 11.6 Å². The van der Waals surface area contributed by atoms with E-state index in [1.165, 1.54) is 0 Å². The maximum Gasteiger partial charge on any atom is 0.242 e. The van der Waals surface area contributed by atoms with Gasteiger partial charge in [0, 0.05) is 6.04 Å². The van der Waals surface area contributed by atoms with Crippen LogP contribution in [0.25, 0.3) is 0 Å². The average molecular weight is 254 g/mol. The zero-order valence-corrected chi connectivity index (χ0v) is 10.9. The van der Waals surface area contributed by atoms with Crippen molar-refractivity contribution in [3.8, 4) is 0 Å². The molecule has 0 aliphatic heterocycles. The van der Waals surface area contributed by atoms with Crippen LogP contribution in [0.1, 0.15) is 25.3 Å². The molecule has 1 aliphatic rings. The second-order valence-electron chi connectivity index (χ2n) is 4.67. The normalized spacial score (nSPS) is 23.6. The first kappa shape index (κ1) is 12.4. The number of hydrogen-bond acceptors (Lipinski definition) is 3. The molecule has 3 N–H and O–H groups in total. The molecule has 1 saturated carbocycles. The monoisotopic (exact) mass is 254 g/mol. The fourth-order valence-electron chi connectivity index (χ4n) is 2.02. The molecule has 94 valence electrons. The summed E-state index contributed by atoms with van der Waals surface area (Å²) in [6, 6.07) is 5.09. The van der Waals surface area contributed by atoms with E-state index in [0.717, 1.165) is 18.4 Å². The third kappa shape index (κ3) is 2.61. The smallest absolute Gasteiger partial charge is 0.242 e. The van der Waals surface area contributed by atoms with Crippen LogP contribution in [0.2, 0.25) is 0 Å². The van der Waals surface area contributed by atoms with E-state index in [1.54, 1.807) is 18.2 Å². The average Bonchev–Trinajstić information content (AvgIpc) is 2.94. The van der Waals surface area contributed by atoms with Crippen LogP contribution < -0.4 is 10.5 Å². The molecule has 0 radical (unpaired) electrons. The van der Waals surface area contributed by atoms with Crippen molar-refractivity contribution in [2.24, 2.45) is 5.92 Å². The summed E-state index contributed by atoms with van der Waals surface area (Å²) in [7, 11) is -3.46. The molecular weight excluding hydrogens is 236 g/mol. The predicted octanol–water partition coefficient (Wildman–Crippen LogP) is 1.65. The Balaban J connectivity index is 2.20. The summed E-state index contributed by atoms with van der Waals surface area (Å²) < 4.78 is 26.9. The van der Waals surface area contributed by atoms with Crippen molar-refractivity contribution in [1.29, 1.82) is 0 Å². The quantitative estimate of drug-likeness (QED) is 0.803. The molecule has 1 aliphatic carbocycles. The molecule has 0 amide bonds. The largest absolute Gasteiger partial charge is 0.398 e. The lowest BCUT2D eigenvalue weighted by Gasteiger charge is -2.09. The molecule has 2 unspecified atom stereocenters. The van der Waals surface area contributed by atoms with Gasteiger partial charge in [-0.3, -0.25) is 0 Å². The van der Waals surface area contributed by atoms with Crippen LogP contribution in [0.3, 0.4) is 0 Å². The van der Waals surface area contributed by atoms with E-state index in [0.29, 0.717) is 11.6 Å². The van der Waals surface area contributed by atoms with Crippen LogP contribution >= 0.6 is 0 Å². The number of benzene rings is 1. The summed E-state index contributed by atoms with van der Waals surface area (Å²) in [4.78, 5) is 0.185. The Morgan fingerprint density at radius 2 is 2.18 bits per heavy atom. The van der Waals surface area contributed by atoms with Gasteiger partial charge in [-0.1, -0.05) is 19.4 Å². The molecule has 4 nitrogen and oxygen atoms in total. The Labute approximate surface area is 102 Å². The lowest BCUT2D eigenvalue weighted by molar-refractivity contribution is 0.576. The third-order valence-corrected chi connectivity index (χ3v) is 4.77. The predicted molar refractivity (Wildman–Crippen MR) is 68.1 cm³/mol. The highest BCUT2D eigenvalue weighted by molar-refractivity contribution is 7.89. The van der Waals surface area contributed by atoms with Crippen LogP contribution in [-0.4, -0.2) is 14.5 Å². The van der Waals surface area contributed by atoms with Crippen LogP contribution in [0, 0.1) is 12.8 Å². The van der Waals surface area contributed by atoms with Crippen molar-refractivity contribution in [2.45, 2.75) is 37.6 Å². The highest BCUT2D eigenvalue weighted by Gasteiger charge is 2.38. The second kappa shape index (κ2) is 4.31. The zero-order chi connectivity index (χ0) is 12.6. The zero-order valence-electron chi connectivity index (χ0n) is 10.1. The number of nitrogens with two attached hydrogens (primary N) is 1. The van der Waals surface area contributed by atoms with Gasteiger partial charge < -0.3 is 5.73 Å². The Kier molecular flexibility index (Phi) is 3.14. The van der Waals surface area contributed by atoms with Crippen molar-refractivity contribution in [2.75, 3.05) is 5.73 Å². The number of nitrogen functional groups attached to an aromatic ring is 1. The first-order valence-corrected chi connectivity index (χ1v) is 7.31. The molecule has 0 aromatic heterocycles. The molecular formula is C12H18N2O2S. The summed E-state index contributed by atoms with van der Waals surface area (Å²) in [5.74, 6) is 0.483. The Morgan fingerprint density at radius 3 is 2.71 bits per heavy atom. The van der Waals surface area contributed by atoms with Crippen LogP contribution in [0.15, 0.2) is 23.1 Å². The number of anilines is 1. The van der Waals surface area contributed by atoms with Gasteiger partial charge in [0.05, 0.1) is 5.69 Å². The minimum Gasteiger partial charge on any atom is -0.398 e. The molecule has 0 saturated heterocycles. The molecule has 5 heteroatoms. The molecule has 1 fully saturated rings. The van der Waals surface area contributed by atoms with Gasteiger partial charge in [0.25, 0.3) is 0 Å². The van der Waals surface area contributed by atoms with E-state index >= 15 is 0 Å². The molecule has 0 spiro atoms. The Bertz CT molecular complexity index is 525. The van der Waals surface area contributed by atoms with Gasteiger partial charge in [-0.15, -0.1) is 0 Å². The second-order valence-corrected chi connectivity index (χ2v) is 6.36. The summed E-state index contributed by atoms with van der Waals surface area (Å²) in [5.41, 5.74) is 7.02. The van der Waals surface area contributed by atoms with Crippen molar-refractivity contribution in [3.05, 3.63) is 23.8 Å². The van der Waals surface area contributed by atoms with Gasteiger partial charge >= 0.3 is 0 Å². The van der Waals surface area contributed by atoms with Crippen LogP contribution in [0.4, 0.5) is 5.69 Å². The number of sulfonamides is 1. The minimum atomic E-state index is -3.46.